The van der Waals surface area contributed by atoms with Gasteiger partial charge in [0.15, 0.2) is 17.2 Å². The maximum absolute atomic E-state index is 13.8. The molecule has 7 atom stereocenters. The lowest BCUT2D eigenvalue weighted by Gasteiger charge is -2.57. The van der Waals surface area contributed by atoms with Crippen LogP contribution in [-0.2, 0) is 48.4 Å². The summed E-state index contributed by atoms with van der Waals surface area (Å²) in [6.45, 7) is 4.17. The summed E-state index contributed by atoms with van der Waals surface area (Å²) in [5.41, 5.74) is 0.348. The lowest BCUT2D eigenvalue weighted by atomic mass is 9.74. The summed E-state index contributed by atoms with van der Waals surface area (Å²) in [6, 6.07) is 25.6. The molecule has 0 amide bonds. The van der Waals surface area contributed by atoms with Gasteiger partial charge in [0.2, 0.25) is 0 Å². The third kappa shape index (κ3) is 7.10. The van der Waals surface area contributed by atoms with E-state index in [1.54, 1.807) is 38.3 Å². The molecule has 1 fully saturated rings. The molecule has 0 bridgehead atoms. The number of carbonyl (C=O) groups is 2. The Hall–Kier alpha value is -3.44. The van der Waals surface area contributed by atoms with Crippen LogP contribution in [0.3, 0.4) is 0 Å². The van der Waals surface area contributed by atoms with E-state index >= 15 is 0 Å². The van der Waals surface area contributed by atoms with Gasteiger partial charge >= 0.3 is 0 Å². The molecule has 9 nitrogen and oxygen atoms in total. The number of aliphatic hydroxyl groups excluding tert-OH is 1. The van der Waals surface area contributed by atoms with E-state index in [2.05, 4.69) is 0 Å². The molecule has 3 unspecified atom stereocenters. The predicted molar refractivity (Wildman–Crippen MR) is 163 cm³/mol. The first kappa shape index (κ1) is 32.0. The molecule has 236 valence electrons. The van der Waals surface area contributed by atoms with Gasteiger partial charge in [-0.15, -0.1) is 0 Å². The van der Waals surface area contributed by atoms with Crippen molar-refractivity contribution in [2.45, 2.75) is 89.2 Å². The molecule has 0 saturated carbocycles. The molecule has 0 spiro atoms. The van der Waals surface area contributed by atoms with Gasteiger partial charge in [0.05, 0.1) is 26.9 Å². The number of aliphatic hydroxyl groups is 2. The van der Waals surface area contributed by atoms with Crippen molar-refractivity contribution in [1.82, 2.24) is 0 Å². The smallest absolute Gasteiger partial charge is 0.259 e. The van der Waals surface area contributed by atoms with Crippen LogP contribution in [0.15, 0.2) is 84.9 Å². The highest BCUT2D eigenvalue weighted by Gasteiger charge is 2.69. The predicted octanol–water partition coefficient (Wildman–Crippen LogP) is 4.55. The summed E-state index contributed by atoms with van der Waals surface area (Å²) >= 11 is 0. The van der Waals surface area contributed by atoms with Gasteiger partial charge in [-0.1, -0.05) is 86.6 Å². The maximum Gasteiger partial charge on any atom is 0.259 e. The highest BCUT2D eigenvalue weighted by Crippen LogP contribution is 2.47. The minimum absolute atomic E-state index is 0.0218. The molecule has 0 aromatic heterocycles. The van der Waals surface area contributed by atoms with E-state index < -0.39 is 53.8 Å². The highest BCUT2D eigenvalue weighted by molar-refractivity contribution is 5.87. The lowest BCUT2D eigenvalue weighted by molar-refractivity contribution is -0.396. The van der Waals surface area contributed by atoms with Gasteiger partial charge in [-0.2, -0.15) is 0 Å². The largest absolute Gasteiger partial charge is 0.497 e. The Bertz CT molecular complexity index is 1390. The Morgan fingerprint density at radius 1 is 0.886 bits per heavy atom. The number of carbonyl (C=O) groups excluding carboxylic acids is 2. The van der Waals surface area contributed by atoms with Crippen LogP contribution in [0, 0.1) is 0 Å². The van der Waals surface area contributed by atoms with Crippen molar-refractivity contribution in [2.24, 2.45) is 0 Å². The zero-order valence-corrected chi connectivity index (χ0v) is 25.6. The van der Waals surface area contributed by atoms with E-state index in [0.29, 0.717) is 11.3 Å². The van der Waals surface area contributed by atoms with Gasteiger partial charge in [0.1, 0.15) is 30.2 Å². The highest BCUT2D eigenvalue weighted by atomic mass is 16.7. The molecule has 0 aliphatic carbocycles. The number of ketones is 2. The first-order valence-corrected chi connectivity index (χ1v) is 14.7. The second-order valence-electron chi connectivity index (χ2n) is 10.8. The number of methoxy groups -OCH3 is 1. The number of Topliss-reactive ketones (excluding diaryl/α,β-unsaturated/α-hetero) is 2. The van der Waals surface area contributed by atoms with Gasteiger partial charge in [0, 0.05) is 7.77 Å². The number of hydrogen-bond acceptors (Lipinski definition) is 9. The van der Waals surface area contributed by atoms with Gasteiger partial charge in [0.25, 0.3) is 5.79 Å². The molecular formula is C35H42O9. The quantitative estimate of drug-likeness (QED) is 0.256. The van der Waals surface area contributed by atoms with Gasteiger partial charge < -0.3 is 33.9 Å². The van der Waals surface area contributed by atoms with Crippen LogP contribution in [0.1, 0.15) is 51.7 Å². The zero-order valence-electron chi connectivity index (χ0n) is 26.6. The fourth-order valence-electron chi connectivity index (χ4n) is 5.53. The molecule has 0 radical (unpaired) electrons. The summed E-state index contributed by atoms with van der Waals surface area (Å²) in [5.74, 6) is -3.83. The lowest BCUT2D eigenvalue weighted by Crippen LogP contribution is -2.78. The third-order valence-electron chi connectivity index (χ3n) is 8.02. The van der Waals surface area contributed by atoms with Crippen molar-refractivity contribution in [2.75, 3.05) is 7.11 Å². The number of benzene rings is 3. The molecule has 2 N–H and O–H groups in total. The molecule has 1 aliphatic rings. The van der Waals surface area contributed by atoms with E-state index in [-0.39, 0.29) is 26.2 Å². The van der Waals surface area contributed by atoms with Crippen molar-refractivity contribution in [1.29, 1.82) is 0 Å². The summed E-state index contributed by atoms with van der Waals surface area (Å²) < 4.78 is 39.1. The van der Waals surface area contributed by atoms with Crippen molar-refractivity contribution in [3.63, 3.8) is 0 Å². The average Bonchev–Trinajstić information content (AvgIpc) is 3.06. The van der Waals surface area contributed by atoms with E-state index in [1.807, 2.05) is 60.7 Å². The van der Waals surface area contributed by atoms with Crippen molar-refractivity contribution < 1.29 is 44.9 Å². The normalized spacial score (nSPS) is 26.8. The molecule has 44 heavy (non-hydrogen) atoms. The molecular weight excluding hydrogens is 564 g/mol. The summed E-state index contributed by atoms with van der Waals surface area (Å²) in [7, 11) is 1.56. The Kier molecular flexibility index (Phi) is 10.9. The van der Waals surface area contributed by atoms with Crippen LogP contribution in [0.25, 0.3) is 0 Å². The molecule has 9 heteroatoms. The summed E-state index contributed by atoms with van der Waals surface area (Å²) in [4.78, 5) is 26.4. The Labute approximate surface area is 260 Å². The molecule has 1 aliphatic heterocycles. The van der Waals surface area contributed by atoms with Gasteiger partial charge in [-0.25, -0.2) is 0 Å². The van der Waals surface area contributed by atoms with Crippen molar-refractivity contribution in [3.05, 3.63) is 102 Å². The topological polar surface area (TPSA) is 121 Å². The summed E-state index contributed by atoms with van der Waals surface area (Å²) in [6.07, 6.45) is -7.25. The van der Waals surface area contributed by atoms with Crippen LogP contribution in [0.2, 0.25) is 0 Å². The minimum Gasteiger partial charge on any atom is -0.497 e. The second-order valence-corrected chi connectivity index (χ2v) is 10.8. The second kappa shape index (κ2) is 15.0. The molecule has 1 heterocycles. The maximum atomic E-state index is 13.8. The first-order valence-electron chi connectivity index (χ1n) is 15.3. The molecule has 3 aromatic rings. The van der Waals surface area contributed by atoms with Gasteiger partial charge in [-0.05, 0) is 42.2 Å². The van der Waals surface area contributed by atoms with E-state index in [0.717, 1.165) is 11.1 Å². The fraction of sp³-hybridized carbons (Fsp3) is 0.429. The third-order valence-corrected chi connectivity index (χ3v) is 8.02. The first-order chi connectivity index (χ1) is 21.6. The Morgan fingerprint density at radius 3 is 1.93 bits per heavy atom. The van der Waals surface area contributed by atoms with Crippen molar-refractivity contribution >= 4 is 11.6 Å². The fourth-order valence-corrected chi connectivity index (χ4v) is 5.53. The Balaban J connectivity index is 1.86. The Morgan fingerprint density at radius 2 is 1.43 bits per heavy atom. The van der Waals surface area contributed by atoms with Crippen LogP contribution < -0.4 is 4.74 Å². The minimum atomic E-state index is -2.80. The van der Waals surface area contributed by atoms with Crippen molar-refractivity contribution in [3.8, 4) is 5.75 Å². The van der Waals surface area contributed by atoms with E-state index in [1.165, 1.54) is 13.8 Å². The SMILES string of the molecule is [2H]C(C)C(=O)C1(O)O[C@H](C(O)C(C)=O)[C@H](OCc2ccccc2)[C@H](OCc2ccccc2)[C@@]1(CC)OCc1ccc(OC)cc1. The summed E-state index contributed by atoms with van der Waals surface area (Å²) in [5, 5.41) is 23.5. The van der Waals surface area contributed by atoms with Crippen LogP contribution in [-0.4, -0.2) is 64.7 Å². The molecule has 4 rings (SSSR count). The monoisotopic (exact) mass is 607 g/mol. The van der Waals surface area contributed by atoms with Crippen LogP contribution >= 0.6 is 0 Å². The van der Waals surface area contributed by atoms with Crippen LogP contribution in [0.4, 0.5) is 0 Å². The number of ether oxygens (including phenoxy) is 5. The average molecular weight is 608 g/mol. The standard InChI is InChI=1S/C35H42O9/c1-5-29(37)35(39)34(6-2,43-23-27-17-19-28(40-4)20-18-27)33(42-22-26-15-11-8-12-16-26)32(31(44-35)30(38)24(3)36)41-21-25-13-9-7-10-14-25/h7-20,30-33,38-39H,5-6,21-23H2,1-4H3/t30?,31-,32+,33+,34-,35?/m1/s1/i5D/t5?,30?,31-,32+,33+,34-,35?. The van der Waals surface area contributed by atoms with Crippen LogP contribution in [0.5, 0.6) is 5.75 Å². The molecule has 1 saturated heterocycles. The zero-order chi connectivity index (χ0) is 32.6. The number of rotatable bonds is 15. The van der Waals surface area contributed by atoms with Gasteiger partial charge in [-0.3, -0.25) is 9.59 Å². The van der Waals surface area contributed by atoms with E-state index in [9.17, 15) is 19.8 Å². The van der Waals surface area contributed by atoms with E-state index in [4.69, 9.17) is 25.1 Å². The number of hydrogen-bond donors (Lipinski definition) is 2. The molecule has 3 aromatic carbocycles.